The Kier molecular flexibility index (Phi) is 3.08. The number of anilines is 1. The van der Waals surface area contributed by atoms with Gasteiger partial charge in [0.15, 0.2) is 0 Å². The summed E-state index contributed by atoms with van der Waals surface area (Å²) in [5.74, 6) is 0. The van der Waals surface area contributed by atoms with Gasteiger partial charge in [-0.1, -0.05) is 0 Å². The zero-order valence-corrected chi connectivity index (χ0v) is 8.81. The Morgan fingerprint density at radius 2 is 1.93 bits per heavy atom. The number of alkyl halides is 2. The van der Waals surface area contributed by atoms with Crippen molar-refractivity contribution in [1.82, 2.24) is 9.78 Å². The molecular formula is C9H15F2N3. The van der Waals surface area contributed by atoms with Crippen molar-refractivity contribution in [3.05, 3.63) is 11.4 Å². The molecule has 0 aliphatic carbocycles. The number of hydrogen-bond donors (Lipinski definition) is 1. The fourth-order valence-corrected chi connectivity index (χ4v) is 1.27. The van der Waals surface area contributed by atoms with Crippen molar-refractivity contribution in [1.29, 1.82) is 0 Å². The second kappa shape index (κ2) is 3.94. The standard InChI is InChI=1S/C9H15F2N3/c1-5-8(7(3)14(4)13-5)12-6(2)9(10)11/h6,9,12H,1-4H3. The fraction of sp³-hybridized carbons (Fsp3) is 0.667. The van der Waals surface area contributed by atoms with Gasteiger partial charge in [-0.05, 0) is 20.8 Å². The number of aromatic nitrogens is 2. The topological polar surface area (TPSA) is 29.9 Å². The minimum absolute atomic E-state index is 0.709. The molecule has 0 fully saturated rings. The molecule has 1 atom stereocenters. The Morgan fingerprint density at radius 3 is 2.29 bits per heavy atom. The summed E-state index contributed by atoms with van der Waals surface area (Å²) in [4.78, 5) is 0. The van der Waals surface area contributed by atoms with Gasteiger partial charge in [-0.2, -0.15) is 5.10 Å². The summed E-state index contributed by atoms with van der Waals surface area (Å²) in [6, 6.07) is -0.850. The van der Waals surface area contributed by atoms with E-state index in [1.807, 2.05) is 6.92 Å². The maximum absolute atomic E-state index is 12.3. The molecule has 1 rings (SSSR count). The number of aryl methyl sites for hydroxylation is 2. The van der Waals surface area contributed by atoms with Gasteiger partial charge in [0.1, 0.15) is 0 Å². The minimum atomic E-state index is -2.37. The highest BCUT2D eigenvalue weighted by atomic mass is 19.3. The van der Waals surface area contributed by atoms with Crippen LogP contribution in [0.15, 0.2) is 0 Å². The second-order valence-corrected chi connectivity index (χ2v) is 3.44. The van der Waals surface area contributed by atoms with Crippen LogP contribution in [0, 0.1) is 13.8 Å². The van der Waals surface area contributed by atoms with Gasteiger partial charge >= 0.3 is 0 Å². The molecule has 0 aromatic carbocycles. The number of rotatable bonds is 3. The average molecular weight is 203 g/mol. The molecule has 1 heterocycles. The first-order chi connectivity index (χ1) is 6.43. The normalized spacial score (nSPS) is 13.4. The van der Waals surface area contributed by atoms with E-state index < -0.39 is 12.5 Å². The van der Waals surface area contributed by atoms with Crippen LogP contribution >= 0.6 is 0 Å². The van der Waals surface area contributed by atoms with Crippen molar-refractivity contribution < 1.29 is 8.78 Å². The van der Waals surface area contributed by atoms with E-state index in [0.29, 0.717) is 5.69 Å². The second-order valence-electron chi connectivity index (χ2n) is 3.44. The number of nitrogens with zero attached hydrogens (tertiary/aromatic N) is 2. The summed E-state index contributed by atoms with van der Waals surface area (Å²) in [6.45, 7) is 5.10. The van der Waals surface area contributed by atoms with Crippen molar-refractivity contribution in [3.63, 3.8) is 0 Å². The van der Waals surface area contributed by atoms with Crippen LogP contribution in [0.3, 0.4) is 0 Å². The van der Waals surface area contributed by atoms with Crippen LogP contribution in [0.5, 0.6) is 0 Å². The van der Waals surface area contributed by atoms with Crippen LogP contribution in [-0.4, -0.2) is 22.2 Å². The van der Waals surface area contributed by atoms with E-state index in [1.54, 1.807) is 18.7 Å². The lowest BCUT2D eigenvalue weighted by Crippen LogP contribution is -2.24. The van der Waals surface area contributed by atoms with Gasteiger partial charge in [0.25, 0.3) is 6.43 Å². The predicted molar refractivity (Wildman–Crippen MR) is 51.8 cm³/mol. The summed E-state index contributed by atoms with van der Waals surface area (Å²) in [5.41, 5.74) is 2.33. The molecule has 5 heteroatoms. The molecule has 0 saturated heterocycles. The van der Waals surface area contributed by atoms with E-state index in [1.165, 1.54) is 6.92 Å². The highest BCUT2D eigenvalue weighted by molar-refractivity contribution is 5.52. The Bertz CT molecular complexity index is 320. The molecule has 0 aliphatic rings. The van der Waals surface area contributed by atoms with Gasteiger partial charge in [0.05, 0.1) is 23.1 Å². The van der Waals surface area contributed by atoms with Crippen LogP contribution < -0.4 is 5.32 Å². The van der Waals surface area contributed by atoms with E-state index in [9.17, 15) is 8.78 Å². The molecular weight excluding hydrogens is 188 g/mol. The quantitative estimate of drug-likeness (QED) is 0.815. The first-order valence-electron chi connectivity index (χ1n) is 4.48. The summed E-state index contributed by atoms with van der Waals surface area (Å²) >= 11 is 0. The molecule has 3 nitrogen and oxygen atoms in total. The number of halogens is 2. The molecule has 1 unspecified atom stereocenters. The molecule has 0 spiro atoms. The third-order valence-corrected chi connectivity index (χ3v) is 2.26. The van der Waals surface area contributed by atoms with Crippen LogP contribution in [0.1, 0.15) is 18.3 Å². The molecule has 0 radical (unpaired) electrons. The molecule has 1 N–H and O–H groups in total. The van der Waals surface area contributed by atoms with Crippen molar-refractivity contribution in [3.8, 4) is 0 Å². The maximum Gasteiger partial charge on any atom is 0.258 e. The van der Waals surface area contributed by atoms with Gasteiger partial charge in [-0.3, -0.25) is 4.68 Å². The van der Waals surface area contributed by atoms with Gasteiger partial charge in [0, 0.05) is 7.05 Å². The Morgan fingerprint density at radius 1 is 1.36 bits per heavy atom. The van der Waals surface area contributed by atoms with Gasteiger partial charge in [-0.25, -0.2) is 8.78 Å². The lowest BCUT2D eigenvalue weighted by molar-refractivity contribution is 0.130. The molecule has 0 saturated carbocycles. The van der Waals surface area contributed by atoms with Crippen molar-refractivity contribution in [2.24, 2.45) is 7.05 Å². The van der Waals surface area contributed by atoms with E-state index in [-0.39, 0.29) is 0 Å². The molecule has 14 heavy (non-hydrogen) atoms. The van der Waals surface area contributed by atoms with E-state index >= 15 is 0 Å². The Hall–Kier alpha value is -1.13. The Balaban J connectivity index is 2.86. The average Bonchev–Trinajstić information content (AvgIpc) is 2.32. The summed E-state index contributed by atoms with van der Waals surface area (Å²) < 4.78 is 26.3. The molecule has 1 aromatic rings. The number of hydrogen-bond acceptors (Lipinski definition) is 2. The smallest absolute Gasteiger partial charge is 0.258 e. The zero-order valence-electron chi connectivity index (χ0n) is 8.81. The third kappa shape index (κ3) is 2.02. The monoisotopic (exact) mass is 203 g/mol. The minimum Gasteiger partial charge on any atom is -0.374 e. The molecule has 0 bridgehead atoms. The van der Waals surface area contributed by atoms with Crippen molar-refractivity contribution >= 4 is 5.69 Å². The highest BCUT2D eigenvalue weighted by Gasteiger charge is 2.17. The Labute approximate surface area is 82.1 Å². The van der Waals surface area contributed by atoms with E-state index in [0.717, 1.165) is 11.4 Å². The third-order valence-electron chi connectivity index (χ3n) is 2.26. The first-order valence-corrected chi connectivity index (χ1v) is 4.48. The summed E-state index contributed by atoms with van der Waals surface area (Å²) in [7, 11) is 1.79. The summed E-state index contributed by atoms with van der Waals surface area (Å²) in [5, 5.41) is 6.90. The van der Waals surface area contributed by atoms with E-state index in [4.69, 9.17) is 0 Å². The van der Waals surface area contributed by atoms with Gasteiger partial charge < -0.3 is 5.32 Å². The van der Waals surface area contributed by atoms with Crippen LogP contribution in [0.25, 0.3) is 0 Å². The highest BCUT2D eigenvalue weighted by Crippen LogP contribution is 2.20. The van der Waals surface area contributed by atoms with Crippen LogP contribution in [0.2, 0.25) is 0 Å². The largest absolute Gasteiger partial charge is 0.374 e. The zero-order chi connectivity index (χ0) is 10.9. The number of nitrogens with one attached hydrogen (secondary N) is 1. The van der Waals surface area contributed by atoms with E-state index in [2.05, 4.69) is 10.4 Å². The lowest BCUT2D eigenvalue weighted by atomic mass is 10.2. The lowest BCUT2D eigenvalue weighted by Gasteiger charge is -2.14. The SMILES string of the molecule is Cc1nn(C)c(C)c1NC(C)C(F)F. The molecule has 80 valence electrons. The first kappa shape index (κ1) is 10.9. The van der Waals surface area contributed by atoms with Gasteiger partial charge in [-0.15, -0.1) is 0 Å². The van der Waals surface area contributed by atoms with Crippen LogP contribution in [0.4, 0.5) is 14.5 Å². The maximum atomic E-state index is 12.3. The molecule has 1 aromatic heterocycles. The molecule has 0 amide bonds. The molecule has 0 aliphatic heterocycles. The predicted octanol–water partition coefficient (Wildman–Crippen LogP) is 2.10. The fourth-order valence-electron chi connectivity index (χ4n) is 1.27. The van der Waals surface area contributed by atoms with Crippen molar-refractivity contribution in [2.75, 3.05) is 5.32 Å². The van der Waals surface area contributed by atoms with Crippen LogP contribution in [-0.2, 0) is 7.05 Å². The van der Waals surface area contributed by atoms with Crippen molar-refractivity contribution in [2.45, 2.75) is 33.2 Å². The summed E-state index contributed by atoms with van der Waals surface area (Å²) in [6.07, 6.45) is -2.37. The van der Waals surface area contributed by atoms with Gasteiger partial charge in [0.2, 0.25) is 0 Å².